The van der Waals surface area contributed by atoms with Gasteiger partial charge in [-0.1, -0.05) is 0 Å². The number of nitro benzene ring substituents is 1. The van der Waals surface area contributed by atoms with Crippen molar-refractivity contribution in [1.82, 2.24) is 0 Å². The van der Waals surface area contributed by atoms with E-state index in [-0.39, 0.29) is 17.1 Å². The third-order valence-electron chi connectivity index (χ3n) is 1.71. The molecule has 0 aliphatic rings. The van der Waals surface area contributed by atoms with E-state index in [9.17, 15) is 10.1 Å². The molecule has 6 nitrogen and oxygen atoms in total. The summed E-state index contributed by atoms with van der Waals surface area (Å²) in [5.74, 6) is 0.380. The molecule has 0 atom stereocenters. The van der Waals surface area contributed by atoms with Crippen molar-refractivity contribution in [2.24, 2.45) is 0 Å². The molecule has 0 aliphatic carbocycles. The summed E-state index contributed by atoms with van der Waals surface area (Å²) in [5, 5.41) is 10.6. The number of ether oxygens (including phenoxy) is 2. The molecule has 0 spiro atoms. The molecule has 0 saturated heterocycles. The van der Waals surface area contributed by atoms with Gasteiger partial charge in [-0.25, -0.2) is 0 Å². The first-order valence-electron chi connectivity index (χ1n) is 3.76. The van der Waals surface area contributed by atoms with Crippen LogP contribution in [0.5, 0.6) is 11.5 Å². The summed E-state index contributed by atoms with van der Waals surface area (Å²) in [7, 11) is 2.73. The molecule has 0 unspecified atom stereocenters. The lowest BCUT2D eigenvalue weighted by atomic mass is 10.2. The lowest BCUT2D eigenvalue weighted by Gasteiger charge is -2.07. The first-order valence-corrected chi connectivity index (χ1v) is 3.76. The molecule has 0 radical (unpaired) electrons. The lowest BCUT2D eigenvalue weighted by molar-refractivity contribution is -0.385. The molecule has 2 N–H and O–H groups in total. The van der Waals surface area contributed by atoms with Crippen LogP contribution in [0.15, 0.2) is 12.1 Å². The summed E-state index contributed by atoms with van der Waals surface area (Å²) < 4.78 is 9.66. The molecule has 0 bridgehead atoms. The van der Waals surface area contributed by atoms with Crippen molar-refractivity contribution in [3.63, 3.8) is 0 Å². The van der Waals surface area contributed by atoms with Gasteiger partial charge in [-0.3, -0.25) is 10.1 Å². The zero-order chi connectivity index (χ0) is 10.7. The van der Waals surface area contributed by atoms with Gasteiger partial charge in [-0.15, -0.1) is 0 Å². The van der Waals surface area contributed by atoms with E-state index in [1.807, 2.05) is 0 Å². The van der Waals surface area contributed by atoms with Crippen LogP contribution in [0.1, 0.15) is 0 Å². The van der Waals surface area contributed by atoms with E-state index in [4.69, 9.17) is 15.2 Å². The number of nitrogens with zero attached hydrogens (tertiary/aromatic N) is 1. The van der Waals surface area contributed by atoms with E-state index in [1.54, 1.807) is 0 Å². The average molecular weight is 198 g/mol. The zero-order valence-corrected chi connectivity index (χ0v) is 7.81. The summed E-state index contributed by atoms with van der Waals surface area (Å²) in [6.45, 7) is 0. The van der Waals surface area contributed by atoms with E-state index >= 15 is 0 Å². The number of anilines is 1. The largest absolute Gasteiger partial charge is 0.496 e. The van der Waals surface area contributed by atoms with Crippen LogP contribution in [0.2, 0.25) is 0 Å². The van der Waals surface area contributed by atoms with Gasteiger partial charge >= 0.3 is 5.69 Å². The summed E-state index contributed by atoms with van der Waals surface area (Å²) in [6.07, 6.45) is 0. The normalized spacial score (nSPS) is 9.57. The number of benzene rings is 1. The highest BCUT2D eigenvalue weighted by Crippen LogP contribution is 2.36. The number of hydrogen-bond donors (Lipinski definition) is 1. The SMILES string of the molecule is COc1cc(N)c(OC)c([N+](=O)[O-])c1. The smallest absolute Gasteiger partial charge is 0.316 e. The van der Waals surface area contributed by atoms with Gasteiger partial charge in [0, 0.05) is 6.07 Å². The molecule has 0 heterocycles. The third kappa shape index (κ3) is 1.68. The van der Waals surface area contributed by atoms with Crippen LogP contribution in [-0.4, -0.2) is 19.1 Å². The molecule has 76 valence electrons. The molecule has 1 aromatic carbocycles. The Balaban J connectivity index is 3.35. The van der Waals surface area contributed by atoms with Gasteiger partial charge in [0.1, 0.15) is 5.75 Å². The van der Waals surface area contributed by atoms with Crippen molar-refractivity contribution in [3.8, 4) is 11.5 Å². The van der Waals surface area contributed by atoms with Crippen LogP contribution in [0.4, 0.5) is 11.4 Å². The van der Waals surface area contributed by atoms with E-state index in [0.717, 1.165) is 0 Å². The Morgan fingerprint density at radius 3 is 2.43 bits per heavy atom. The fraction of sp³-hybridized carbons (Fsp3) is 0.250. The highest BCUT2D eigenvalue weighted by atomic mass is 16.6. The molecule has 6 heteroatoms. The molecule has 0 saturated carbocycles. The summed E-state index contributed by atoms with van der Waals surface area (Å²) in [5.41, 5.74) is 5.51. The maximum Gasteiger partial charge on any atom is 0.316 e. The van der Waals surface area contributed by atoms with Gasteiger partial charge in [0.15, 0.2) is 0 Å². The maximum atomic E-state index is 10.6. The topological polar surface area (TPSA) is 87.6 Å². The van der Waals surface area contributed by atoms with Gasteiger partial charge < -0.3 is 15.2 Å². The molecule has 0 aliphatic heterocycles. The molecule has 0 aromatic heterocycles. The Bertz CT molecular complexity index is 365. The minimum Gasteiger partial charge on any atom is -0.496 e. The fourth-order valence-electron chi connectivity index (χ4n) is 1.08. The molecule has 14 heavy (non-hydrogen) atoms. The monoisotopic (exact) mass is 198 g/mol. The van der Waals surface area contributed by atoms with Crippen LogP contribution >= 0.6 is 0 Å². The van der Waals surface area contributed by atoms with Crippen LogP contribution in [0.3, 0.4) is 0 Å². The first kappa shape index (κ1) is 10.1. The molecular weight excluding hydrogens is 188 g/mol. The zero-order valence-electron chi connectivity index (χ0n) is 7.81. The highest BCUT2D eigenvalue weighted by molar-refractivity contribution is 5.67. The predicted octanol–water partition coefficient (Wildman–Crippen LogP) is 1.19. The maximum absolute atomic E-state index is 10.6. The van der Waals surface area contributed by atoms with Gasteiger partial charge in [-0.2, -0.15) is 0 Å². The Labute approximate surface area is 80.4 Å². The molecular formula is C8H10N2O4. The highest BCUT2D eigenvalue weighted by Gasteiger charge is 2.19. The van der Waals surface area contributed by atoms with Gasteiger partial charge in [0.05, 0.1) is 30.9 Å². The number of nitrogens with two attached hydrogens (primary N) is 1. The Kier molecular flexibility index (Phi) is 2.76. The number of hydrogen-bond acceptors (Lipinski definition) is 5. The predicted molar refractivity (Wildman–Crippen MR) is 50.6 cm³/mol. The van der Waals surface area contributed by atoms with E-state index in [2.05, 4.69) is 0 Å². The first-order chi connectivity index (χ1) is 6.60. The number of methoxy groups -OCH3 is 2. The van der Waals surface area contributed by atoms with Crippen molar-refractivity contribution in [2.75, 3.05) is 20.0 Å². The summed E-state index contributed by atoms with van der Waals surface area (Å²) in [4.78, 5) is 10.0. The fourth-order valence-corrected chi connectivity index (χ4v) is 1.08. The number of rotatable bonds is 3. The van der Waals surface area contributed by atoms with E-state index < -0.39 is 4.92 Å². The Morgan fingerprint density at radius 2 is 2.00 bits per heavy atom. The second kappa shape index (κ2) is 3.82. The van der Waals surface area contributed by atoms with Crippen LogP contribution in [-0.2, 0) is 0 Å². The third-order valence-corrected chi connectivity index (χ3v) is 1.71. The van der Waals surface area contributed by atoms with Crippen molar-refractivity contribution in [1.29, 1.82) is 0 Å². The number of nitrogen functional groups attached to an aromatic ring is 1. The average Bonchev–Trinajstić information content (AvgIpc) is 2.16. The minimum atomic E-state index is -0.572. The molecule has 1 rings (SSSR count). The van der Waals surface area contributed by atoms with Crippen molar-refractivity contribution >= 4 is 11.4 Å². The molecule has 1 aromatic rings. The quantitative estimate of drug-likeness (QED) is 0.447. The second-order valence-corrected chi connectivity index (χ2v) is 2.53. The van der Waals surface area contributed by atoms with E-state index in [0.29, 0.717) is 5.75 Å². The summed E-state index contributed by atoms with van der Waals surface area (Å²) in [6, 6.07) is 2.72. The van der Waals surface area contributed by atoms with Gasteiger partial charge in [-0.05, 0) is 0 Å². The van der Waals surface area contributed by atoms with Crippen LogP contribution in [0, 0.1) is 10.1 Å². The Morgan fingerprint density at radius 1 is 1.36 bits per heavy atom. The van der Waals surface area contributed by atoms with E-state index in [1.165, 1.54) is 26.4 Å². The standard InChI is InChI=1S/C8H10N2O4/c1-13-5-3-6(9)8(14-2)7(4-5)10(11)12/h3-4H,9H2,1-2H3. The van der Waals surface area contributed by atoms with Crippen molar-refractivity contribution < 1.29 is 14.4 Å². The Hall–Kier alpha value is -1.98. The van der Waals surface area contributed by atoms with Gasteiger partial charge in [0.25, 0.3) is 0 Å². The van der Waals surface area contributed by atoms with Crippen molar-refractivity contribution in [2.45, 2.75) is 0 Å². The van der Waals surface area contributed by atoms with Crippen LogP contribution < -0.4 is 15.2 Å². The van der Waals surface area contributed by atoms with Crippen LogP contribution in [0.25, 0.3) is 0 Å². The molecule has 0 amide bonds. The van der Waals surface area contributed by atoms with Crippen molar-refractivity contribution in [3.05, 3.63) is 22.2 Å². The second-order valence-electron chi connectivity index (χ2n) is 2.53. The van der Waals surface area contributed by atoms with Gasteiger partial charge in [0.2, 0.25) is 5.75 Å². The minimum absolute atomic E-state index is 0.0517. The molecule has 0 fully saturated rings. The summed E-state index contributed by atoms with van der Waals surface area (Å²) >= 11 is 0. The number of nitro groups is 1. The lowest BCUT2D eigenvalue weighted by Crippen LogP contribution is -1.99.